The van der Waals surface area contributed by atoms with Crippen LogP contribution in [0.2, 0.25) is 0 Å². The lowest BCUT2D eigenvalue weighted by Gasteiger charge is -2.21. The number of nitrogens with zero attached hydrogens (tertiary/aromatic N) is 2. The summed E-state index contributed by atoms with van der Waals surface area (Å²) in [5.41, 5.74) is 2.34. The number of aryl methyl sites for hydroxylation is 1. The summed E-state index contributed by atoms with van der Waals surface area (Å²) >= 11 is -2.04. The molecule has 2 rings (SSSR count). The zero-order valence-corrected chi connectivity index (χ0v) is 20.7. The molecule has 5 N–H and O–H groups in total. The monoisotopic (exact) mass is 475 g/mol. The van der Waals surface area contributed by atoms with Crippen LogP contribution in [0, 0.1) is 6.92 Å². The number of benzene rings is 1. The van der Waals surface area contributed by atoms with Gasteiger partial charge < -0.3 is 29.6 Å². The Kier molecular flexibility index (Phi) is 8.98. The lowest BCUT2D eigenvalue weighted by Crippen LogP contribution is -2.30. The third kappa shape index (κ3) is 6.53. The van der Waals surface area contributed by atoms with Crippen molar-refractivity contribution < 1.29 is 18.9 Å². The summed E-state index contributed by atoms with van der Waals surface area (Å²) in [6.07, 6.45) is 2.41. The van der Waals surface area contributed by atoms with E-state index in [2.05, 4.69) is 35.5 Å². The van der Waals surface area contributed by atoms with Crippen molar-refractivity contribution in [2.75, 3.05) is 19.4 Å². The van der Waals surface area contributed by atoms with Gasteiger partial charge in [0.2, 0.25) is 5.84 Å². The molecule has 1 heterocycles. The molecule has 180 valence electrons. The topological polar surface area (TPSA) is 139 Å². The van der Waals surface area contributed by atoms with Gasteiger partial charge in [0.25, 0.3) is 5.91 Å². The van der Waals surface area contributed by atoms with Crippen molar-refractivity contribution in [2.24, 2.45) is 9.54 Å². The normalized spacial score (nSPS) is 13.5. The molecule has 1 unspecified atom stereocenters. The third-order valence-electron chi connectivity index (χ3n) is 5.13. The van der Waals surface area contributed by atoms with E-state index in [1.165, 1.54) is 4.90 Å². The number of anilines is 1. The minimum absolute atomic E-state index is 0.0623. The minimum atomic E-state index is -2.04. The summed E-state index contributed by atoms with van der Waals surface area (Å²) in [7, 11) is 3.20. The third-order valence-corrected chi connectivity index (χ3v) is 5.50. The fraction of sp³-hybridized carbons (Fsp3) is 0.391. The average molecular weight is 476 g/mol. The standard InChI is InChI=1S/C23H33N5O4S/c1-8-17(19-11-16(12-32-19)13(2)3)25-15(5)22(27-33(24)31)26-18-10-9-14(4)20(21(18)29)23(30)28(6)7/h9-13,17,25,29H,5,8,24H2,1-4,6-7H3,(H,26,27)/t17-,33?/m1/s1. The second-order valence-corrected chi connectivity index (χ2v) is 8.95. The highest BCUT2D eigenvalue weighted by molar-refractivity contribution is 7.88. The summed E-state index contributed by atoms with van der Waals surface area (Å²) in [5.74, 6) is 0.512. The molecule has 0 saturated carbocycles. The van der Waals surface area contributed by atoms with Gasteiger partial charge in [0.15, 0.2) is 17.3 Å². The number of amides is 1. The van der Waals surface area contributed by atoms with Gasteiger partial charge in [-0.05, 0) is 46.9 Å². The molecule has 0 aliphatic carbocycles. The number of carbonyl (C=O) groups excluding carboxylic acids is 1. The molecular weight excluding hydrogens is 442 g/mol. The molecular formula is C23H33N5O4S. The maximum Gasteiger partial charge on any atom is 0.257 e. The van der Waals surface area contributed by atoms with Gasteiger partial charge in [0.05, 0.1) is 29.3 Å². The van der Waals surface area contributed by atoms with Gasteiger partial charge in [0, 0.05) is 14.1 Å². The SMILES string of the molecule is C=C(N[C@H](CC)c1cc(C(C)C)co1)/C(=N\[S+](N)[O-])Nc1ccc(C)c(C(=O)N(C)C)c1O. The van der Waals surface area contributed by atoms with Crippen molar-refractivity contribution in [1.29, 1.82) is 0 Å². The number of carbonyl (C=O) groups is 1. The van der Waals surface area contributed by atoms with Crippen LogP contribution in [-0.4, -0.2) is 40.4 Å². The second-order valence-electron chi connectivity index (χ2n) is 8.22. The number of nitrogens with two attached hydrogens (primary N) is 1. The fourth-order valence-electron chi connectivity index (χ4n) is 3.16. The summed E-state index contributed by atoms with van der Waals surface area (Å²) in [6, 6.07) is 5.05. The Morgan fingerprint density at radius 1 is 1.39 bits per heavy atom. The maximum absolute atomic E-state index is 12.5. The van der Waals surface area contributed by atoms with E-state index in [0.717, 1.165) is 11.3 Å². The highest BCUT2D eigenvalue weighted by Gasteiger charge is 2.23. The van der Waals surface area contributed by atoms with E-state index in [9.17, 15) is 14.5 Å². The van der Waals surface area contributed by atoms with Crippen LogP contribution < -0.4 is 15.8 Å². The molecule has 1 amide bonds. The Morgan fingerprint density at radius 3 is 2.58 bits per heavy atom. The smallest absolute Gasteiger partial charge is 0.257 e. The van der Waals surface area contributed by atoms with Crippen LogP contribution in [0.1, 0.15) is 66.4 Å². The molecule has 0 radical (unpaired) electrons. The Balaban J connectivity index is 2.34. The van der Waals surface area contributed by atoms with Crippen molar-refractivity contribution >= 4 is 29.0 Å². The Morgan fingerprint density at radius 2 is 2.06 bits per heavy atom. The average Bonchev–Trinajstić information content (AvgIpc) is 3.23. The molecule has 0 fully saturated rings. The van der Waals surface area contributed by atoms with Crippen molar-refractivity contribution in [3.8, 4) is 5.75 Å². The molecule has 9 nitrogen and oxygen atoms in total. The maximum atomic E-state index is 12.5. The van der Waals surface area contributed by atoms with Crippen molar-refractivity contribution in [2.45, 2.75) is 46.1 Å². The Hall–Kier alpha value is -2.95. The molecule has 1 aromatic heterocycles. The number of amidine groups is 1. The Bertz CT molecular complexity index is 1030. The molecule has 0 spiro atoms. The van der Waals surface area contributed by atoms with Crippen molar-refractivity contribution in [3.63, 3.8) is 0 Å². The van der Waals surface area contributed by atoms with E-state index in [4.69, 9.17) is 9.56 Å². The molecule has 0 saturated heterocycles. The summed E-state index contributed by atoms with van der Waals surface area (Å²) in [6.45, 7) is 11.9. The lowest BCUT2D eigenvalue weighted by molar-refractivity contribution is 0.0824. The zero-order chi connectivity index (χ0) is 24.9. The number of phenols is 1. The number of rotatable bonds is 9. The van der Waals surface area contributed by atoms with Gasteiger partial charge in [-0.1, -0.05) is 33.4 Å². The van der Waals surface area contributed by atoms with Crippen LogP contribution in [0.15, 0.2) is 45.6 Å². The number of nitrogens with one attached hydrogen (secondary N) is 2. The first kappa shape index (κ1) is 26.3. The fourth-order valence-corrected chi connectivity index (χ4v) is 3.50. The van der Waals surface area contributed by atoms with Gasteiger partial charge in [-0.2, -0.15) is 0 Å². The Labute approximate surface area is 198 Å². The van der Waals surface area contributed by atoms with E-state index in [1.54, 1.807) is 39.4 Å². The van der Waals surface area contributed by atoms with E-state index in [0.29, 0.717) is 23.6 Å². The van der Waals surface area contributed by atoms with E-state index in [-0.39, 0.29) is 34.8 Å². The van der Waals surface area contributed by atoms with Gasteiger partial charge in [-0.15, -0.1) is 5.14 Å². The van der Waals surface area contributed by atoms with Crippen LogP contribution in [0.5, 0.6) is 5.75 Å². The second kappa shape index (κ2) is 11.3. The molecule has 2 aromatic rings. The zero-order valence-electron chi connectivity index (χ0n) is 19.9. The largest absolute Gasteiger partial charge is 0.572 e. The lowest BCUT2D eigenvalue weighted by atomic mass is 10.0. The first-order valence-corrected chi connectivity index (χ1v) is 11.7. The number of phenolic OH excluding ortho intramolecular Hbond substituents is 1. The van der Waals surface area contributed by atoms with E-state index < -0.39 is 11.5 Å². The van der Waals surface area contributed by atoms with Gasteiger partial charge in [0.1, 0.15) is 5.76 Å². The quantitative estimate of drug-likeness (QED) is 0.188. The molecule has 0 aliphatic rings. The number of hydrogen-bond acceptors (Lipinski definition) is 7. The highest BCUT2D eigenvalue weighted by atomic mass is 32.2. The first-order valence-electron chi connectivity index (χ1n) is 10.6. The van der Waals surface area contributed by atoms with Crippen molar-refractivity contribution in [1.82, 2.24) is 10.2 Å². The van der Waals surface area contributed by atoms with E-state index >= 15 is 0 Å². The number of hydrogen-bond donors (Lipinski definition) is 4. The van der Waals surface area contributed by atoms with Gasteiger partial charge >= 0.3 is 0 Å². The summed E-state index contributed by atoms with van der Waals surface area (Å²) < 4.78 is 21.3. The molecule has 10 heteroatoms. The van der Waals surface area contributed by atoms with Gasteiger partial charge in [-0.25, -0.2) is 0 Å². The molecule has 0 aliphatic heterocycles. The molecule has 1 aromatic carbocycles. The number of aromatic hydroxyl groups is 1. The van der Waals surface area contributed by atoms with Crippen molar-refractivity contribution in [3.05, 3.63) is 59.2 Å². The number of furan rings is 1. The van der Waals surface area contributed by atoms with Crippen LogP contribution in [0.25, 0.3) is 0 Å². The predicted octanol–water partition coefficient (Wildman–Crippen LogP) is 3.72. The molecule has 33 heavy (non-hydrogen) atoms. The first-order chi connectivity index (χ1) is 15.5. The molecule has 0 bridgehead atoms. The van der Waals surface area contributed by atoms with Gasteiger partial charge in [-0.3, -0.25) is 4.79 Å². The van der Waals surface area contributed by atoms with Crippen LogP contribution >= 0.6 is 0 Å². The van der Waals surface area contributed by atoms with Crippen LogP contribution in [-0.2, 0) is 11.5 Å². The molecule has 2 atom stereocenters. The van der Waals surface area contributed by atoms with E-state index in [1.807, 2.05) is 13.0 Å². The minimum Gasteiger partial charge on any atom is -0.572 e. The summed E-state index contributed by atoms with van der Waals surface area (Å²) in [4.78, 5) is 13.9. The van der Waals surface area contributed by atoms with Crippen LogP contribution in [0.3, 0.4) is 0 Å². The highest BCUT2D eigenvalue weighted by Crippen LogP contribution is 2.32. The van der Waals surface area contributed by atoms with Crippen LogP contribution in [0.4, 0.5) is 5.69 Å². The summed E-state index contributed by atoms with van der Waals surface area (Å²) in [5, 5.41) is 22.3. The predicted molar refractivity (Wildman–Crippen MR) is 132 cm³/mol.